The molecule has 20 heavy (non-hydrogen) atoms. The fraction of sp³-hybridized carbons (Fsp3) is 0.267. The van der Waals surface area contributed by atoms with Gasteiger partial charge in [0.25, 0.3) is 0 Å². The van der Waals surface area contributed by atoms with E-state index in [0.717, 1.165) is 38.2 Å². The van der Waals surface area contributed by atoms with Gasteiger partial charge >= 0.3 is 0 Å². The maximum absolute atomic E-state index is 6.18. The van der Waals surface area contributed by atoms with Crippen LogP contribution in [0.4, 0.5) is 0 Å². The van der Waals surface area contributed by atoms with E-state index in [-0.39, 0.29) is 0 Å². The Morgan fingerprint density at radius 1 is 1.30 bits per heavy atom. The van der Waals surface area contributed by atoms with Gasteiger partial charge in [0.05, 0.1) is 5.69 Å². The summed E-state index contributed by atoms with van der Waals surface area (Å²) in [5.74, 6) is 0. The molecule has 0 aliphatic rings. The molecule has 1 N–H and O–H groups in total. The number of hydrogen-bond acceptors (Lipinski definition) is 2. The molecule has 1 aromatic carbocycles. The normalized spacial score (nSPS) is 12.4. The zero-order valence-corrected chi connectivity index (χ0v) is 15.0. The first-order chi connectivity index (χ1) is 9.56. The molecule has 0 amide bonds. The van der Waals surface area contributed by atoms with E-state index in [2.05, 4.69) is 55.2 Å². The monoisotopic (exact) mass is 416 g/mol. The minimum atomic E-state index is 0.326. The molecule has 1 unspecified atom stereocenters. The Balaban J connectivity index is 1.92. The van der Waals surface area contributed by atoms with Gasteiger partial charge in [-0.15, -0.1) is 0 Å². The Bertz CT molecular complexity index is 590. The van der Waals surface area contributed by atoms with Gasteiger partial charge in [0, 0.05) is 32.8 Å². The summed E-state index contributed by atoms with van der Waals surface area (Å²) in [5.41, 5.74) is 2.16. The third kappa shape index (κ3) is 4.55. The summed E-state index contributed by atoms with van der Waals surface area (Å²) in [5, 5.41) is 4.29. The highest BCUT2D eigenvalue weighted by Gasteiger charge is 2.08. The summed E-state index contributed by atoms with van der Waals surface area (Å²) in [6.07, 6.45) is 2.70. The molecule has 1 heterocycles. The van der Waals surface area contributed by atoms with Crippen molar-refractivity contribution in [2.45, 2.75) is 25.9 Å². The van der Waals surface area contributed by atoms with Crippen molar-refractivity contribution < 1.29 is 0 Å². The van der Waals surface area contributed by atoms with Crippen LogP contribution in [-0.2, 0) is 13.0 Å². The van der Waals surface area contributed by atoms with E-state index >= 15 is 0 Å². The smallest absolute Gasteiger partial charge is 0.0684 e. The molecule has 5 heteroatoms. The number of nitrogens with zero attached hydrogens (tertiary/aromatic N) is 1. The van der Waals surface area contributed by atoms with Crippen molar-refractivity contribution in [2.75, 3.05) is 0 Å². The lowest BCUT2D eigenvalue weighted by atomic mass is 10.1. The van der Waals surface area contributed by atoms with Crippen molar-refractivity contribution in [3.63, 3.8) is 0 Å². The third-order valence-corrected chi connectivity index (χ3v) is 4.47. The first kappa shape index (κ1) is 16.0. The highest BCUT2D eigenvalue weighted by atomic mass is 79.9. The maximum Gasteiger partial charge on any atom is 0.0684 e. The number of nitrogens with one attached hydrogen (secondary N) is 1. The molecule has 1 aromatic heterocycles. The topological polar surface area (TPSA) is 24.9 Å². The molecule has 0 aliphatic heterocycles. The van der Waals surface area contributed by atoms with E-state index in [1.54, 1.807) is 6.20 Å². The molecule has 0 fully saturated rings. The van der Waals surface area contributed by atoms with Crippen molar-refractivity contribution >= 4 is 43.5 Å². The van der Waals surface area contributed by atoms with Gasteiger partial charge in [-0.2, -0.15) is 0 Å². The lowest BCUT2D eigenvalue weighted by Crippen LogP contribution is -2.28. The van der Waals surface area contributed by atoms with Gasteiger partial charge in [0.15, 0.2) is 0 Å². The van der Waals surface area contributed by atoms with Crippen LogP contribution in [-0.4, -0.2) is 11.0 Å². The van der Waals surface area contributed by atoms with Gasteiger partial charge < -0.3 is 5.32 Å². The largest absolute Gasteiger partial charge is 0.308 e. The highest BCUT2D eigenvalue weighted by Crippen LogP contribution is 2.20. The molecule has 0 aliphatic carbocycles. The summed E-state index contributed by atoms with van der Waals surface area (Å²) in [6.45, 7) is 2.87. The van der Waals surface area contributed by atoms with Crippen LogP contribution in [0.3, 0.4) is 0 Å². The van der Waals surface area contributed by atoms with E-state index in [4.69, 9.17) is 11.6 Å². The van der Waals surface area contributed by atoms with E-state index < -0.39 is 0 Å². The SMILES string of the molecule is CC(Cc1ccccc1Cl)NCc1ncc(Br)cc1Br. The van der Waals surface area contributed by atoms with Gasteiger partial charge in [-0.25, -0.2) is 0 Å². The summed E-state index contributed by atoms with van der Waals surface area (Å²) in [6, 6.07) is 10.3. The van der Waals surface area contributed by atoms with Crippen LogP contribution in [0.5, 0.6) is 0 Å². The fourth-order valence-electron chi connectivity index (χ4n) is 1.91. The average molecular weight is 419 g/mol. The molecule has 0 bridgehead atoms. The lowest BCUT2D eigenvalue weighted by Gasteiger charge is -2.15. The van der Waals surface area contributed by atoms with Crippen LogP contribution in [0.1, 0.15) is 18.2 Å². The summed E-state index contributed by atoms with van der Waals surface area (Å²) in [4.78, 5) is 4.39. The van der Waals surface area contributed by atoms with E-state index in [0.29, 0.717) is 6.04 Å². The molecule has 0 saturated carbocycles. The van der Waals surface area contributed by atoms with Crippen molar-refractivity contribution in [1.82, 2.24) is 10.3 Å². The Morgan fingerprint density at radius 3 is 2.75 bits per heavy atom. The molecular formula is C15H15Br2ClN2. The van der Waals surface area contributed by atoms with Crippen molar-refractivity contribution in [1.29, 1.82) is 0 Å². The molecule has 0 saturated heterocycles. The van der Waals surface area contributed by atoms with Crippen LogP contribution in [0.2, 0.25) is 5.02 Å². The number of hydrogen-bond donors (Lipinski definition) is 1. The third-order valence-electron chi connectivity index (χ3n) is 2.99. The van der Waals surface area contributed by atoms with Crippen molar-refractivity contribution in [3.05, 3.63) is 61.8 Å². The minimum absolute atomic E-state index is 0.326. The van der Waals surface area contributed by atoms with Crippen molar-refractivity contribution in [2.24, 2.45) is 0 Å². The molecule has 0 spiro atoms. The Kier molecular flexibility index (Phi) is 6.02. The molecule has 1 atom stereocenters. The van der Waals surface area contributed by atoms with Crippen LogP contribution < -0.4 is 5.32 Å². The number of rotatable bonds is 5. The fourth-order valence-corrected chi connectivity index (χ4v) is 3.25. The van der Waals surface area contributed by atoms with Gasteiger partial charge in [0.1, 0.15) is 0 Å². The van der Waals surface area contributed by atoms with E-state index in [9.17, 15) is 0 Å². The van der Waals surface area contributed by atoms with Crippen LogP contribution in [0.25, 0.3) is 0 Å². The van der Waals surface area contributed by atoms with E-state index in [1.807, 2.05) is 24.3 Å². The molecule has 2 nitrogen and oxygen atoms in total. The van der Waals surface area contributed by atoms with Gasteiger partial charge in [-0.3, -0.25) is 4.98 Å². The average Bonchev–Trinajstić information content (AvgIpc) is 2.40. The van der Waals surface area contributed by atoms with Gasteiger partial charge in [-0.05, 0) is 62.9 Å². The number of pyridine rings is 1. The minimum Gasteiger partial charge on any atom is -0.308 e. The second-order valence-corrected chi connectivity index (χ2v) is 6.84. The second-order valence-electron chi connectivity index (χ2n) is 4.66. The first-order valence-corrected chi connectivity index (χ1v) is 8.29. The lowest BCUT2D eigenvalue weighted by molar-refractivity contribution is 0.539. The zero-order valence-electron chi connectivity index (χ0n) is 11.0. The van der Waals surface area contributed by atoms with Crippen LogP contribution in [0, 0.1) is 0 Å². The Labute approximate surface area is 141 Å². The van der Waals surface area contributed by atoms with E-state index in [1.165, 1.54) is 0 Å². The number of halogens is 3. The molecule has 2 rings (SSSR count). The second kappa shape index (κ2) is 7.55. The molecular weight excluding hydrogens is 403 g/mol. The van der Waals surface area contributed by atoms with Crippen molar-refractivity contribution in [3.8, 4) is 0 Å². The molecule has 0 radical (unpaired) electrons. The predicted octanol–water partition coefficient (Wildman–Crippen LogP) is 4.98. The highest BCUT2D eigenvalue weighted by molar-refractivity contribution is 9.11. The Hall–Kier alpha value is -0.420. The summed E-state index contributed by atoms with van der Waals surface area (Å²) < 4.78 is 1.97. The van der Waals surface area contributed by atoms with Crippen LogP contribution >= 0.6 is 43.5 Å². The molecule has 2 aromatic rings. The summed E-state index contributed by atoms with van der Waals surface area (Å²) >= 11 is 13.1. The standard InChI is InChI=1S/C15H15Br2ClN2/c1-10(6-11-4-2-3-5-14(11)18)19-9-15-13(17)7-12(16)8-20-15/h2-5,7-8,10,19H,6,9H2,1H3. The van der Waals surface area contributed by atoms with Gasteiger partial charge in [0.2, 0.25) is 0 Å². The summed E-state index contributed by atoms with van der Waals surface area (Å²) in [7, 11) is 0. The quantitative estimate of drug-likeness (QED) is 0.741. The Morgan fingerprint density at radius 2 is 2.05 bits per heavy atom. The zero-order chi connectivity index (χ0) is 14.5. The maximum atomic E-state index is 6.18. The van der Waals surface area contributed by atoms with Crippen LogP contribution in [0.15, 0.2) is 45.5 Å². The number of aromatic nitrogens is 1. The van der Waals surface area contributed by atoms with Gasteiger partial charge in [-0.1, -0.05) is 29.8 Å². The predicted molar refractivity (Wildman–Crippen MR) is 91.1 cm³/mol. The molecule has 106 valence electrons. The number of benzene rings is 1. The first-order valence-electron chi connectivity index (χ1n) is 6.33.